The largest absolute Gasteiger partial charge is 0.326 e. The average molecular weight is 280 g/mol. The summed E-state index contributed by atoms with van der Waals surface area (Å²) in [6, 6.07) is 5.83. The number of amides is 1. The molecule has 2 aliphatic rings. The molecule has 1 N–H and O–H groups in total. The SMILES string of the molecule is CC1C(=O)NC2=Nc3ccc(Br)cc3CN21. The van der Waals surface area contributed by atoms with E-state index in [-0.39, 0.29) is 11.9 Å². The molecule has 2 heterocycles. The molecular weight excluding hydrogens is 270 g/mol. The fourth-order valence-electron chi connectivity index (χ4n) is 2.00. The van der Waals surface area contributed by atoms with E-state index in [4.69, 9.17) is 0 Å². The number of hydrogen-bond acceptors (Lipinski definition) is 3. The Morgan fingerprint density at radius 1 is 1.56 bits per heavy atom. The topological polar surface area (TPSA) is 44.7 Å². The lowest BCUT2D eigenvalue weighted by molar-refractivity contribution is -0.121. The van der Waals surface area contributed by atoms with Crippen LogP contribution in [0.1, 0.15) is 12.5 Å². The fraction of sp³-hybridized carbons (Fsp3) is 0.273. The lowest BCUT2D eigenvalue weighted by atomic mass is 10.1. The van der Waals surface area contributed by atoms with Gasteiger partial charge in [-0.05, 0) is 30.7 Å². The van der Waals surface area contributed by atoms with E-state index in [0.29, 0.717) is 5.96 Å². The Hall–Kier alpha value is -1.36. The monoisotopic (exact) mass is 279 g/mol. The quantitative estimate of drug-likeness (QED) is 0.787. The van der Waals surface area contributed by atoms with E-state index < -0.39 is 0 Å². The molecule has 4 nitrogen and oxygen atoms in total. The first kappa shape index (κ1) is 9.84. The summed E-state index contributed by atoms with van der Waals surface area (Å²) in [7, 11) is 0. The highest BCUT2D eigenvalue weighted by atomic mass is 79.9. The fourth-order valence-corrected chi connectivity index (χ4v) is 2.41. The highest BCUT2D eigenvalue weighted by molar-refractivity contribution is 9.10. The Morgan fingerprint density at radius 2 is 2.38 bits per heavy atom. The first-order chi connectivity index (χ1) is 7.65. The van der Waals surface area contributed by atoms with Gasteiger partial charge >= 0.3 is 0 Å². The molecule has 82 valence electrons. The number of guanidine groups is 1. The second-order valence-corrected chi connectivity index (χ2v) is 4.92. The van der Waals surface area contributed by atoms with Crippen LogP contribution in [-0.4, -0.2) is 22.8 Å². The van der Waals surface area contributed by atoms with Crippen molar-refractivity contribution in [2.45, 2.75) is 19.5 Å². The number of hydrogen-bond donors (Lipinski definition) is 1. The normalized spacial score (nSPS) is 22.4. The molecule has 1 fully saturated rings. The zero-order chi connectivity index (χ0) is 11.3. The average Bonchev–Trinajstić information content (AvgIpc) is 2.52. The molecule has 1 atom stereocenters. The van der Waals surface area contributed by atoms with Gasteiger partial charge in [0.05, 0.1) is 5.69 Å². The first-order valence-corrected chi connectivity index (χ1v) is 5.89. The van der Waals surface area contributed by atoms with Crippen molar-refractivity contribution >= 4 is 33.5 Å². The van der Waals surface area contributed by atoms with Gasteiger partial charge in [0.25, 0.3) is 0 Å². The van der Waals surface area contributed by atoms with E-state index in [2.05, 4.69) is 26.2 Å². The third kappa shape index (κ3) is 1.35. The van der Waals surface area contributed by atoms with E-state index in [1.54, 1.807) is 0 Å². The summed E-state index contributed by atoms with van der Waals surface area (Å²) < 4.78 is 1.04. The maximum absolute atomic E-state index is 11.5. The van der Waals surface area contributed by atoms with Crippen molar-refractivity contribution in [3.05, 3.63) is 28.2 Å². The van der Waals surface area contributed by atoms with Crippen LogP contribution in [0.5, 0.6) is 0 Å². The second-order valence-electron chi connectivity index (χ2n) is 4.00. The summed E-state index contributed by atoms with van der Waals surface area (Å²) in [5, 5.41) is 2.79. The summed E-state index contributed by atoms with van der Waals surface area (Å²) in [5.74, 6) is 0.693. The van der Waals surface area contributed by atoms with Gasteiger partial charge in [-0.2, -0.15) is 0 Å². The van der Waals surface area contributed by atoms with E-state index in [9.17, 15) is 4.79 Å². The number of carbonyl (C=O) groups is 1. The van der Waals surface area contributed by atoms with Crippen LogP contribution in [0.3, 0.4) is 0 Å². The smallest absolute Gasteiger partial charge is 0.249 e. The standard InChI is InChI=1S/C11H10BrN3O/c1-6-10(16)14-11-13-9-3-2-8(12)4-7(9)5-15(6)11/h2-4,6H,5H2,1H3,(H,13,14,16). The molecule has 1 saturated heterocycles. The van der Waals surface area contributed by atoms with Gasteiger partial charge in [-0.1, -0.05) is 15.9 Å². The van der Waals surface area contributed by atoms with Gasteiger partial charge < -0.3 is 4.90 Å². The van der Waals surface area contributed by atoms with Gasteiger partial charge in [-0.15, -0.1) is 0 Å². The summed E-state index contributed by atoms with van der Waals surface area (Å²) >= 11 is 3.44. The molecule has 2 aliphatic heterocycles. The van der Waals surface area contributed by atoms with Crippen LogP contribution >= 0.6 is 15.9 Å². The maximum atomic E-state index is 11.5. The van der Waals surface area contributed by atoms with Gasteiger partial charge in [0.2, 0.25) is 11.9 Å². The van der Waals surface area contributed by atoms with E-state index >= 15 is 0 Å². The van der Waals surface area contributed by atoms with E-state index in [1.165, 1.54) is 0 Å². The van der Waals surface area contributed by atoms with Gasteiger partial charge in [-0.3, -0.25) is 10.1 Å². The van der Waals surface area contributed by atoms with Crippen molar-refractivity contribution in [3.63, 3.8) is 0 Å². The van der Waals surface area contributed by atoms with Gasteiger partial charge in [-0.25, -0.2) is 4.99 Å². The predicted molar refractivity (Wildman–Crippen MR) is 64.4 cm³/mol. The molecule has 16 heavy (non-hydrogen) atoms. The number of halogens is 1. The van der Waals surface area contributed by atoms with Crippen LogP contribution in [-0.2, 0) is 11.3 Å². The van der Waals surface area contributed by atoms with Gasteiger partial charge in [0.1, 0.15) is 6.04 Å². The summed E-state index contributed by atoms with van der Waals surface area (Å²) in [5.41, 5.74) is 2.07. The minimum Gasteiger partial charge on any atom is -0.326 e. The molecule has 5 heteroatoms. The van der Waals surface area contributed by atoms with Gasteiger partial charge in [0, 0.05) is 11.0 Å². The molecule has 0 saturated carbocycles. The molecule has 0 spiro atoms. The molecule has 1 aromatic carbocycles. The molecule has 0 aliphatic carbocycles. The van der Waals surface area contributed by atoms with Crippen LogP contribution in [0.25, 0.3) is 0 Å². The number of carbonyl (C=O) groups excluding carboxylic acids is 1. The Kier molecular flexibility index (Phi) is 2.04. The maximum Gasteiger partial charge on any atom is 0.249 e. The summed E-state index contributed by atoms with van der Waals surface area (Å²) in [6.07, 6.45) is 0. The minimum absolute atomic E-state index is 0.0191. The Balaban J connectivity index is 2.07. The van der Waals surface area contributed by atoms with Crippen LogP contribution in [0.2, 0.25) is 0 Å². The number of benzene rings is 1. The van der Waals surface area contributed by atoms with E-state index in [1.807, 2.05) is 30.0 Å². The molecule has 1 amide bonds. The van der Waals surface area contributed by atoms with Crippen molar-refractivity contribution in [2.24, 2.45) is 4.99 Å². The summed E-state index contributed by atoms with van der Waals surface area (Å²) in [6.45, 7) is 2.62. The number of rotatable bonds is 0. The van der Waals surface area contributed by atoms with Crippen molar-refractivity contribution in [1.82, 2.24) is 10.2 Å². The summed E-state index contributed by atoms with van der Waals surface area (Å²) in [4.78, 5) is 17.9. The van der Waals surface area contributed by atoms with Crippen LogP contribution in [0, 0.1) is 0 Å². The number of nitrogens with zero attached hydrogens (tertiary/aromatic N) is 2. The highest BCUT2D eigenvalue weighted by Gasteiger charge is 2.35. The highest BCUT2D eigenvalue weighted by Crippen LogP contribution is 2.30. The number of aliphatic imine (C=N–C) groups is 1. The molecule has 3 rings (SSSR count). The first-order valence-electron chi connectivity index (χ1n) is 5.10. The Bertz CT molecular complexity index is 512. The molecule has 1 unspecified atom stereocenters. The molecule has 0 radical (unpaired) electrons. The van der Waals surface area contributed by atoms with Crippen molar-refractivity contribution < 1.29 is 4.79 Å². The third-order valence-corrected chi connectivity index (χ3v) is 3.46. The Morgan fingerprint density at radius 3 is 3.19 bits per heavy atom. The lowest BCUT2D eigenvalue weighted by Crippen LogP contribution is -2.35. The Labute approximate surface area is 101 Å². The van der Waals surface area contributed by atoms with Crippen LogP contribution in [0.15, 0.2) is 27.7 Å². The van der Waals surface area contributed by atoms with Crippen molar-refractivity contribution in [2.75, 3.05) is 0 Å². The zero-order valence-corrected chi connectivity index (χ0v) is 10.3. The second kappa shape index (κ2) is 3.31. The minimum atomic E-state index is -0.133. The zero-order valence-electron chi connectivity index (χ0n) is 8.70. The molecular formula is C11H10BrN3O. The number of fused-ring (bicyclic) bond motifs is 2. The lowest BCUT2D eigenvalue weighted by Gasteiger charge is -2.26. The van der Waals surface area contributed by atoms with Crippen molar-refractivity contribution in [1.29, 1.82) is 0 Å². The van der Waals surface area contributed by atoms with Crippen molar-refractivity contribution in [3.8, 4) is 0 Å². The van der Waals surface area contributed by atoms with Crippen LogP contribution in [0.4, 0.5) is 5.69 Å². The molecule has 1 aromatic rings. The van der Waals surface area contributed by atoms with Gasteiger partial charge in [0.15, 0.2) is 0 Å². The molecule has 0 aromatic heterocycles. The van der Waals surface area contributed by atoms with E-state index in [0.717, 1.165) is 22.3 Å². The predicted octanol–water partition coefficient (Wildman–Crippen LogP) is 1.77. The third-order valence-electron chi connectivity index (χ3n) is 2.96. The number of nitrogens with one attached hydrogen (secondary N) is 1. The molecule has 0 bridgehead atoms. The van der Waals surface area contributed by atoms with Crippen LogP contribution < -0.4 is 5.32 Å².